The number of ether oxygens (including phenoxy) is 3. The first-order valence-corrected chi connectivity index (χ1v) is 7.91. The predicted molar refractivity (Wildman–Crippen MR) is 97.6 cm³/mol. The summed E-state index contributed by atoms with van der Waals surface area (Å²) in [5.41, 5.74) is 5.18. The van der Waals surface area contributed by atoms with Gasteiger partial charge in [-0.3, -0.25) is 0 Å². The number of methoxy groups -OCH3 is 2. The van der Waals surface area contributed by atoms with Gasteiger partial charge in [-0.1, -0.05) is 30.3 Å². The number of esters is 2. The smallest absolute Gasteiger partial charge is 0.408 e. The molecule has 0 saturated carbocycles. The lowest BCUT2D eigenvalue weighted by molar-refractivity contribution is -0.138. The van der Waals surface area contributed by atoms with Gasteiger partial charge < -0.3 is 25.3 Å². The summed E-state index contributed by atoms with van der Waals surface area (Å²) in [6.45, 7) is 3.20. The Hall–Kier alpha value is -3.36. The van der Waals surface area contributed by atoms with Crippen LogP contribution in [0.3, 0.4) is 0 Å². The first-order chi connectivity index (χ1) is 12.7. The van der Waals surface area contributed by atoms with Gasteiger partial charge in [0.2, 0.25) is 0 Å². The molecule has 1 rings (SSSR count). The quantitative estimate of drug-likeness (QED) is 0.241. The van der Waals surface area contributed by atoms with Crippen molar-refractivity contribution in [1.29, 1.82) is 0 Å². The van der Waals surface area contributed by atoms with Crippen LogP contribution in [0.15, 0.2) is 47.1 Å². The standard InChI is InChI=1S/C18H23N3O6/c1-18(2,21-17(24)27-11-12-8-6-5-7-9-12)16(19)20-13(15(23)26-4)10-14(22)25-3/h5-10H,11H2,1-4H3,(H2,19,20)(H,21,24). The van der Waals surface area contributed by atoms with Crippen molar-refractivity contribution in [1.82, 2.24) is 5.32 Å². The van der Waals surface area contributed by atoms with E-state index in [0.29, 0.717) is 0 Å². The maximum absolute atomic E-state index is 12.0. The van der Waals surface area contributed by atoms with Crippen LogP contribution in [0.4, 0.5) is 4.79 Å². The van der Waals surface area contributed by atoms with E-state index in [9.17, 15) is 14.4 Å². The second-order valence-corrected chi connectivity index (χ2v) is 5.85. The summed E-state index contributed by atoms with van der Waals surface area (Å²) >= 11 is 0. The van der Waals surface area contributed by atoms with E-state index in [1.807, 2.05) is 30.3 Å². The van der Waals surface area contributed by atoms with Crippen LogP contribution in [0, 0.1) is 0 Å². The summed E-state index contributed by atoms with van der Waals surface area (Å²) in [6.07, 6.45) is 0.112. The van der Waals surface area contributed by atoms with E-state index >= 15 is 0 Å². The molecule has 9 nitrogen and oxygen atoms in total. The number of hydrogen-bond acceptors (Lipinski definition) is 7. The normalized spacial score (nSPS) is 12.1. The average Bonchev–Trinajstić information content (AvgIpc) is 2.65. The van der Waals surface area contributed by atoms with E-state index in [2.05, 4.69) is 19.8 Å². The van der Waals surface area contributed by atoms with E-state index in [1.54, 1.807) is 13.8 Å². The minimum absolute atomic E-state index is 0.0788. The van der Waals surface area contributed by atoms with Crippen molar-refractivity contribution in [2.75, 3.05) is 14.2 Å². The fourth-order valence-corrected chi connectivity index (χ4v) is 1.76. The van der Waals surface area contributed by atoms with Crippen LogP contribution in [0.1, 0.15) is 19.4 Å². The summed E-state index contributed by atoms with van der Waals surface area (Å²) in [6, 6.07) is 9.13. The van der Waals surface area contributed by atoms with Crippen molar-refractivity contribution in [3.05, 3.63) is 47.7 Å². The fraction of sp³-hybridized carbons (Fsp3) is 0.333. The number of amides is 1. The second kappa shape index (κ2) is 9.95. The topological polar surface area (TPSA) is 129 Å². The Morgan fingerprint density at radius 1 is 1.15 bits per heavy atom. The number of benzene rings is 1. The van der Waals surface area contributed by atoms with Crippen LogP contribution in [-0.4, -0.2) is 43.6 Å². The van der Waals surface area contributed by atoms with Gasteiger partial charge in [0.15, 0.2) is 5.70 Å². The highest BCUT2D eigenvalue weighted by Gasteiger charge is 2.27. The Morgan fingerprint density at radius 2 is 1.78 bits per heavy atom. The van der Waals surface area contributed by atoms with Crippen LogP contribution >= 0.6 is 0 Å². The van der Waals surface area contributed by atoms with Crippen molar-refractivity contribution in [2.45, 2.75) is 26.0 Å². The predicted octanol–water partition coefficient (Wildman–Crippen LogP) is 1.28. The van der Waals surface area contributed by atoms with Crippen molar-refractivity contribution >= 4 is 23.9 Å². The van der Waals surface area contributed by atoms with Gasteiger partial charge in [0.05, 0.1) is 25.8 Å². The second-order valence-electron chi connectivity index (χ2n) is 5.85. The van der Waals surface area contributed by atoms with Crippen LogP contribution in [0.2, 0.25) is 0 Å². The van der Waals surface area contributed by atoms with Gasteiger partial charge in [-0.25, -0.2) is 19.4 Å². The summed E-state index contributed by atoms with van der Waals surface area (Å²) in [5, 5.41) is 2.54. The lowest BCUT2D eigenvalue weighted by Crippen LogP contribution is -2.53. The molecule has 0 saturated heterocycles. The highest BCUT2D eigenvalue weighted by Crippen LogP contribution is 2.09. The first kappa shape index (κ1) is 21.7. The molecule has 1 aromatic carbocycles. The Kier molecular flexibility index (Phi) is 7.99. The molecule has 0 aliphatic heterocycles. The minimum Gasteiger partial charge on any atom is -0.466 e. The Labute approximate surface area is 157 Å². The SMILES string of the molecule is COC(=O)C=C(/N=C(\N)C(C)(C)NC(=O)OCc1ccccc1)C(=O)OC. The zero-order chi connectivity index (χ0) is 20.4. The van der Waals surface area contributed by atoms with Gasteiger partial charge in [0, 0.05) is 0 Å². The third kappa shape index (κ3) is 7.18. The third-order valence-corrected chi connectivity index (χ3v) is 3.36. The molecule has 27 heavy (non-hydrogen) atoms. The van der Waals surface area contributed by atoms with Gasteiger partial charge in [-0.05, 0) is 19.4 Å². The van der Waals surface area contributed by atoms with E-state index in [4.69, 9.17) is 10.5 Å². The van der Waals surface area contributed by atoms with Crippen LogP contribution in [0.25, 0.3) is 0 Å². The van der Waals surface area contributed by atoms with Gasteiger partial charge in [0.1, 0.15) is 12.4 Å². The minimum atomic E-state index is -1.17. The summed E-state index contributed by atoms with van der Waals surface area (Å²) in [4.78, 5) is 39.0. The Balaban J connectivity index is 2.84. The largest absolute Gasteiger partial charge is 0.466 e. The van der Waals surface area contributed by atoms with E-state index in [-0.39, 0.29) is 18.1 Å². The molecule has 0 aliphatic carbocycles. The number of amidine groups is 1. The van der Waals surface area contributed by atoms with Crippen LogP contribution in [0.5, 0.6) is 0 Å². The molecule has 0 unspecified atom stereocenters. The van der Waals surface area contributed by atoms with Crippen molar-refractivity contribution < 1.29 is 28.6 Å². The van der Waals surface area contributed by atoms with Gasteiger partial charge in [0.25, 0.3) is 0 Å². The molecule has 0 aromatic heterocycles. The number of nitrogens with zero attached hydrogens (tertiary/aromatic N) is 1. The van der Waals surface area contributed by atoms with Crippen molar-refractivity contribution in [2.24, 2.45) is 10.7 Å². The van der Waals surface area contributed by atoms with Gasteiger partial charge in [-0.15, -0.1) is 0 Å². The van der Waals surface area contributed by atoms with Crippen LogP contribution in [-0.2, 0) is 30.4 Å². The lowest BCUT2D eigenvalue weighted by Gasteiger charge is -2.25. The molecular formula is C18H23N3O6. The molecule has 1 amide bonds. The maximum Gasteiger partial charge on any atom is 0.408 e. The summed E-state index contributed by atoms with van der Waals surface area (Å²) in [7, 11) is 2.28. The lowest BCUT2D eigenvalue weighted by atomic mass is 10.0. The third-order valence-electron chi connectivity index (χ3n) is 3.36. The number of nitrogens with two attached hydrogens (primary N) is 1. The highest BCUT2D eigenvalue weighted by molar-refractivity contribution is 6.01. The first-order valence-electron chi connectivity index (χ1n) is 7.91. The maximum atomic E-state index is 12.0. The summed E-state index contributed by atoms with van der Waals surface area (Å²) < 4.78 is 14.1. The molecular weight excluding hydrogens is 354 g/mol. The van der Waals surface area contributed by atoms with Gasteiger partial charge in [-0.2, -0.15) is 0 Å². The highest BCUT2D eigenvalue weighted by atomic mass is 16.5. The molecule has 3 N–H and O–H groups in total. The fourth-order valence-electron chi connectivity index (χ4n) is 1.76. The molecule has 0 atom stereocenters. The van der Waals surface area contributed by atoms with E-state index in [0.717, 1.165) is 25.9 Å². The zero-order valence-electron chi connectivity index (χ0n) is 15.6. The Bertz CT molecular complexity index is 741. The number of nitrogens with one attached hydrogen (secondary N) is 1. The number of carbonyl (C=O) groups excluding carboxylic acids is 3. The molecule has 0 spiro atoms. The van der Waals surface area contributed by atoms with Crippen molar-refractivity contribution in [3.63, 3.8) is 0 Å². The van der Waals surface area contributed by atoms with Gasteiger partial charge >= 0.3 is 18.0 Å². The molecule has 0 aliphatic rings. The van der Waals surface area contributed by atoms with Crippen LogP contribution < -0.4 is 11.1 Å². The number of aliphatic imine (C=N–C) groups is 1. The average molecular weight is 377 g/mol. The molecule has 0 heterocycles. The molecule has 0 bridgehead atoms. The number of rotatable bonds is 7. The molecule has 9 heteroatoms. The molecule has 1 aromatic rings. The van der Waals surface area contributed by atoms with E-state index in [1.165, 1.54) is 0 Å². The number of carbonyl (C=O) groups is 3. The number of hydrogen-bond donors (Lipinski definition) is 2. The van der Waals surface area contributed by atoms with E-state index < -0.39 is 23.6 Å². The number of alkyl carbamates (subject to hydrolysis) is 1. The Morgan fingerprint density at radius 3 is 2.33 bits per heavy atom. The summed E-state index contributed by atoms with van der Waals surface area (Å²) in [5.74, 6) is -1.83. The zero-order valence-corrected chi connectivity index (χ0v) is 15.6. The van der Waals surface area contributed by atoms with Crippen molar-refractivity contribution in [3.8, 4) is 0 Å². The molecule has 0 fully saturated rings. The monoisotopic (exact) mass is 377 g/mol. The molecule has 0 radical (unpaired) electrons. The molecule has 146 valence electrons.